The summed E-state index contributed by atoms with van der Waals surface area (Å²) in [4.78, 5) is 21.9. The molecule has 1 aromatic rings. The summed E-state index contributed by atoms with van der Waals surface area (Å²) in [6.07, 6.45) is 2.21. The molecule has 0 unspecified atom stereocenters. The average molecular weight is 225 g/mol. The lowest BCUT2D eigenvalue weighted by Gasteiger charge is -2.04. The molecular formula is C10H15N3O3. The quantitative estimate of drug-likeness (QED) is 0.579. The van der Waals surface area contributed by atoms with Crippen LogP contribution >= 0.6 is 0 Å². The number of carbonyl (C=O) groups is 2. The van der Waals surface area contributed by atoms with Gasteiger partial charge in [0.2, 0.25) is 11.8 Å². The second kappa shape index (κ2) is 6.62. The van der Waals surface area contributed by atoms with Crippen LogP contribution in [0.4, 0.5) is 0 Å². The van der Waals surface area contributed by atoms with Crippen molar-refractivity contribution in [2.24, 2.45) is 5.73 Å². The third kappa shape index (κ3) is 4.61. The molecule has 4 N–H and O–H groups in total. The van der Waals surface area contributed by atoms with Crippen molar-refractivity contribution in [1.29, 1.82) is 0 Å². The van der Waals surface area contributed by atoms with Crippen molar-refractivity contribution in [3.05, 3.63) is 24.2 Å². The van der Waals surface area contributed by atoms with E-state index in [0.717, 1.165) is 5.76 Å². The minimum absolute atomic E-state index is 0.0474. The van der Waals surface area contributed by atoms with Crippen LogP contribution in [-0.4, -0.2) is 31.4 Å². The highest BCUT2D eigenvalue weighted by Gasteiger charge is 2.03. The molecule has 0 fully saturated rings. The Kier molecular flexibility index (Phi) is 5.07. The van der Waals surface area contributed by atoms with Crippen LogP contribution in [0.1, 0.15) is 5.76 Å². The largest absolute Gasteiger partial charge is 0.469 e. The number of hydrogen-bond acceptors (Lipinski definition) is 4. The van der Waals surface area contributed by atoms with Gasteiger partial charge in [0.15, 0.2) is 0 Å². The Labute approximate surface area is 93.2 Å². The van der Waals surface area contributed by atoms with Gasteiger partial charge >= 0.3 is 0 Å². The van der Waals surface area contributed by atoms with Gasteiger partial charge in [-0.1, -0.05) is 0 Å². The van der Waals surface area contributed by atoms with Gasteiger partial charge in [-0.25, -0.2) is 0 Å². The topological polar surface area (TPSA) is 97.4 Å². The number of rotatable bonds is 6. The molecule has 0 aliphatic rings. The maximum absolute atomic E-state index is 11.2. The number of hydrogen-bond donors (Lipinski definition) is 3. The first-order chi connectivity index (χ1) is 7.72. The standard InChI is InChI=1S/C10H15N3O3/c11-6-9(14)13-7-10(15)12-4-3-8-2-1-5-16-8/h1-2,5H,3-4,6-7,11H2,(H,12,15)(H,13,14). The van der Waals surface area contributed by atoms with Crippen LogP contribution in [0.25, 0.3) is 0 Å². The summed E-state index contributed by atoms with van der Waals surface area (Å²) in [6.45, 7) is 0.318. The highest BCUT2D eigenvalue weighted by molar-refractivity contribution is 5.85. The van der Waals surface area contributed by atoms with E-state index >= 15 is 0 Å². The van der Waals surface area contributed by atoms with Gasteiger partial charge in [0.1, 0.15) is 5.76 Å². The van der Waals surface area contributed by atoms with Crippen LogP contribution in [0.3, 0.4) is 0 Å². The van der Waals surface area contributed by atoms with E-state index in [4.69, 9.17) is 10.2 Å². The monoisotopic (exact) mass is 225 g/mol. The maximum Gasteiger partial charge on any atom is 0.239 e. The number of amides is 2. The molecule has 2 amide bonds. The number of nitrogens with two attached hydrogens (primary N) is 1. The normalized spacial score (nSPS) is 9.81. The molecule has 0 spiro atoms. The van der Waals surface area contributed by atoms with E-state index in [1.165, 1.54) is 0 Å². The first kappa shape index (κ1) is 12.3. The SMILES string of the molecule is NCC(=O)NCC(=O)NCCc1ccco1. The molecule has 1 aromatic heterocycles. The summed E-state index contributed by atoms with van der Waals surface area (Å²) in [7, 11) is 0. The van der Waals surface area contributed by atoms with E-state index in [9.17, 15) is 9.59 Å². The van der Waals surface area contributed by atoms with E-state index < -0.39 is 0 Å². The van der Waals surface area contributed by atoms with Crippen molar-refractivity contribution in [2.45, 2.75) is 6.42 Å². The average Bonchev–Trinajstić information content (AvgIpc) is 2.79. The van der Waals surface area contributed by atoms with Gasteiger partial charge in [-0.05, 0) is 12.1 Å². The lowest BCUT2D eigenvalue weighted by molar-refractivity contribution is -0.125. The van der Waals surface area contributed by atoms with Crippen molar-refractivity contribution in [1.82, 2.24) is 10.6 Å². The molecule has 1 rings (SSSR count). The van der Waals surface area contributed by atoms with Gasteiger partial charge in [0, 0.05) is 13.0 Å². The molecule has 6 heteroatoms. The smallest absolute Gasteiger partial charge is 0.239 e. The Morgan fingerprint density at radius 2 is 2.12 bits per heavy atom. The lowest BCUT2D eigenvalue weighted by atomic mass is 10.3. The van der Waals surface area contributed by atoms with Gasteiger partial charge in [0.25, 0.3) is 0 Å². The Hall–Kier alpha value is -1.82. The van der Waals surface area contributed by atoms with Crippen LogP contribution in [0.5, 0.6) is 0 Å². The van der Waals surface area contributed by atoms with Crippen molar-refractivity contribution in [3.8, 4) is 0 Å². The Balaban J connectivity index is 2.09. The molecule has 0 atom stereocenters. The van der Waals surface area contributed by atoms with E-state index in [-0.39, 0.29) is 24.9 Å². The van der Waals surface area contributed by atoms with Crippen LogP contribution in [0, 0.1) is 0 Å². The third-order valence-corrected chi connectivity index (χ3v) is 1.91. The van der Waals surface area contributed by atoms with Crippen LogP contribution in [0.15, 0.2) is 22.8 Å². The second-order valence-corrected chi connectivity index (χ2v) is 3.16. The number of furan rings is 1. The lowest BCUT2D eigenvalue weighted by Crippen LogP contribution is -2.40. The first-order valence-corrected chi connectivity index (χ1v) is 4.98. The van der Waals surface area contributed by atoms with Crippen molar-refractivity contribution in [3.63, 3.8) is 0 Å². The van der Waals surface area contributed by atoms with Gasteiger partial charge in [-0.3, -0.25) is 9.59 Å². The summed E-state index contributed by atoms with van der Waals surface area (Å²) in [5, 5.41) is 5.02. The molecule has 0 aliphatic heterocycles. The van der Waals surface area contributed by atoms with Crippen molar-refractivity contribution in [2.75, 3.05) is 19.6 Å². The summed E-state index contributed by atoms with van der Waals surface area (Å²) >= 11 is 0. The zero-order valence-electron chi connectivity index (χ0n) is 8.86. The van der Waals surface area contributed by atoms with Crippen LogP contribution in [0.2, 0.25) is 0 Å². The molecular weight excluding hydrogens is 210 g/mol. The zero-order valence-corrected chi connectivity index (χ0v) is 8.86. The molecule has 16 heavy (non-hydrogen) atoms. The van der Waals surface area contributed by atoms with Crippen LogP contribution in [-0.2, 0) is 16.0 Å². The zero-order chi connectivity index (χ0) is 11.8. The highest BCUT2D eigenvalue weighted by atomic mass is 16.3. The Morgan fingerprint density at radius 3 is 2.75 bits per heavy atom. The van der Waals surface area contributed by atoms with Gasteiger partial charge in [0.05, 0.1) is 19.4 Å². The fourth-order valence-corrected chi connectivity index (χ4v) is 1.09. The number of nitrogens with one attached hydrogen (secondary N) is 2. The van der Waals surface area contributed by atoms with E-state index in [0.29, 0.717) is 13.0 Å². The molecule has 0 bridgehead atoms. The Bertz CT molecular complexity index is 335. The summed E-state index contributed by atoms with van der Waals surface area (Å²) < 4.78 is 5.09. The predicted molar refractivity (Wildman–Crippen MR) is 57.5 cm³/mol. The third-order valence-electron chi connectivity index (χ3n) is 1.91. The summed E-state index contributed by atoms with van der Waals surface area (Å²) in [5.41, 5.74) is 5.07. The van der Waals surface area contributed by atoms with Crippen LogP contribution < -0.4 is 16.4 Å². The molecule has 0 aliphatic carbocycles. The van der Waals surface area contributed by atoms with E-state index in [2.05, 4.69) is 10.6 Å². The summed E-state index contributed by atoms with van der Waals surface area (Å²) in [6, 6.07) is 3.63. The second-order valence-electron chi connectivity index (χ2n) is 3.16. The summed E-state index contributed by atoms with van der Waals surface area (Å²) in [5.74, 6) is 0.223. The molecule has 6 nitrogen and oxygen atoms in total. The van der Waals surface area contributed by atoms with Crippen molar-refractivity contribution >= 4 is 11.8 Å². The van der Waals surface area contributed by atoms with Crippen molar-refractivity contribution < 1.29 is 14.0 Å². The minimum Gasteiger partial charge on any atom is -0.469 e. The predicted octanol–water partition coefficient (Wildman–Crippen LogP) is -0.987. The fraction of sp³-hybridized carbons (Fsp3) is 0.400. The van der Waals surface area contributed by atoms with Gasteiger partial charge < -0.3 is 20.8 Å². The maximum atomic E-state index is 11.2. The highest BCUT2D eigenvalue weighted by Crippen LogP contribution is 1.99. The van der Waals surface area contributed by atoms with E-state index in [1.807, 2.05) is 6.07 Å². The van der Waals surface area contributed by atoms with E-state index in [1.54, 1.807) is 12.3 Å². The molecule has 0 aromatic carbocycles. The minimum atomic E-state index is -0.346. The molecule has 0 saturated carbocycles. The number of carbonyl (C=O) groups excluding carboxylic acids is 2. The molecule has 0 saturated heterocycles. The van der Waals surface area contributed by atoms with Gasteiger partial charge in [-0.15, -0.1) is 0 Å². The fourth-order valence-electron chi connectivity index (χ4n) is 1.09. The molecule has 1 heterocycles. The first-order valence-electron chi connectivity index (χ1n) is 4.98. The Morgan fingerprint density at radius 1 is 1.31 bits per heavy atom. The molecule has 88 valence electrons. The molecule has 0 radical (unpaired) electrons. The van der Waals surface area contributed by atoms with Gasteiger partial charge in [-0.2, -0.15) is 0 Å².